The highest BCUT2D eigenvalue weighted by atomic mass is 32.2. The van der Waals surface area contributed by atoms with Crippen LogP contribution in [-0.4, -0.2) is 27.5 Å². The van der Waals surface area contributed by atoms with Crippen LogP contribution in [0.4, 0.5) is 10.1 Å². The van der Waals surface area contributed by atoms with E-state index < -0.39 is 10.0 Å². The predicted molar refractivity (Wildman–Crippen MR) is 92.4 cm³/mol. The summed E-state index contributed by atoms with van der Waals surface area (Å²) in [5.41, 5.74) is 0.527. The molecule has 2 rings (SSSR count). The first-order valence-corrected chi connectivity index (χ1v) is 9.11. The normalized spacial score (nSPS) is 11.1. The Morgan fingerprint density at radius 3 is 2.32 bits per heavy atom. The number of anilines is 1. The SMILES string of the molecule is CC(=O)Nc1ccc(S(=O)(=O)NCCCOc2ccc(F)cc2)cc1. The Morgan fingerprint density at radius 1 is 1.08 bits per heavy atom. The first kappa shape index (κ1) is 18.9. The number of benzene rings is 2. The average Bonchev–Trinajstić information content (AvgIpc) is 2.56. The molecule has 0 saturated carbocycles. The fourth-order valence-corrected chi connectivity index (χ4v) is 3.08. The Balaban J connectivity index is 1.78. The molecule has 2 N–H and O–H groups in total. The smallest absolute Gasteiger partial charge is 0.240 e. The molecule has 0 aromatic heterocycles. The van der Waals surface area contributed by atoms with Gasteiger partial charge in [-0.15, -0.1) is 0 Å². The summed E-state index contributed by atoms with van der Waals surface area (Å²) in [6, 6.07) is 11.5. The quantitative estimate of drug-likeness (QED) is 0.703. The van der Waals surface area contributed by atoms with E-state index in [1.165, 1.54) is 55.5 Å². The highest BCUT2D eigenvalue weighted by molar-refractivity contribution is 7.89. The van der Waals surface area contributed by atoms with E-state index in [0.29, 0.717) is 24.5 Å². The molecule has 0 saturated heterocycles. The lowest BCUT2D eigenvalue weighted by molar-refractivity contribution is -0.114. The second-order valence-electron chi connectivity index (χ2n) is 5.26. The minimum absolute atomic E-state index is 0.112. The van der Waals surface area contributed by atoms with Crippen LogP contribution in [0.3, 0.4) is 0 Å². The molecule has 0 spiro atoms. The Bertz CT molecular complexity index is 806. The van der Waals surface area contributed by atoms with Gasteiger partial charge >= 0.3 is 0 Å². The number of amides is 1. The van der Waals surface area contributed by atoms with Crippen LogP contribution >= 0.6 is 0 Å². The van der Waals surface area contributed by atoms with Crippen LogP contribution in [0, 0.1) is 5.82 Å². The van der Waals surface area contributed by atoms with Crippen LogP contribution in [0.5, 0.6) is 5.75 Å². The molecule has 0 atom stereocenters. The van der Waals surface area contributed by atoms with E-state index in [0.717, 1.165) is 0 Å². The molecule has 0 aliphatic carbocycles. The van der Waals surface area contributed by atoms with Gasteiger partial charge in [0.15, 0.2) is 0 Å². The lowest BCUT2D eigenvalue weighted by atomic mass is 10.3. The van der Waals surface area contributed by atoms with Crippen molar-refractivity contribution in [2.24, 2.45) is 0 Å². The highest BCUT2D eigenvalue weighted by Gasteiger charge is 2.13. The maximum absolute atomic E-state index is 12.8. The lowest BCUT2D eigenvalue weighted by Gasteiger charge is -2.09. The minimum Gasteiger partial charge on any atom is -0.494 e. The standard InChI is InChI=1S/C17H19FN2O4S/c1-13(21)20-15-5-9-17(10-6-15)25(22,23)19-11-2-12-24-16-7-3-14(18)4-8-16/h3-10,19H,2,11-12H2,1H3,(H,20,21). The molecule has 0 fully saturated rings. The molecule has 0 heterocycles. The van der Waals surface area contributed by atoms with Crippen LogP contribution in [0.15, 0.2) is 53.4 Å². The van der Waals surface area contributed by atoms with Gasteiger partial charge < -0.3 is 10.1 Å². The average molecular weight is 366 g/mol. The molecule has 0 bridgehead atoms. The molecule has 134 valence electrons. The molecule has 0 unspecified atom stereocenters. The number of rotatable bonds is 8. The van der Waals surface area contributed by atoms with Crippen molar-refractivity contribution in [3.05, 3.63) is 54.3 Å². The lowest BCUT2D eigenvalue weighted by Crippen LogP contribution is -2.25. The van der Waals surface area contributed by atoms with Crippen molar-refractivity contribution in [2.75, 3.05) is 18.5 Å². The summed E-state index contributed by atoms with van der Waals surface area (Å²) in [5.74, 6) is -0.0441. The molecule has 2 aromatic rings. The van der Waals surface area contributed by atoms with E-state index in [2.05, 4.69) is 10.0 Å². The number of carbonyl (C=O) groups is 1. The molecule has 8 heteroatoms. The van der Waals surface area contributed by atoms with Gasteiger partial charge in [-0.2, -0.15) is 0 Å². The third-order valence-corrected chi connectivity index (χ3v) is 4.66. The van der Waals surface area contributed by atoms with Crippen LogP contribution in [0.1, 0.15) is 13.3 Å². The van der Waals surface area contributed by atoms with Gasteiger partial charge in [-0.3, -0.25) is 4.79 Å². The minimum atomic E-state index is -3.62. The van der Waals surface area contributed by atoms with Gasteiger partial charge in [0.05, 0.1) is 11.5 Å². The van der Waals surface area contributed by atoms with Gasteiger partial charge in [-0.25, -0.2) is 17.5 Å². The molecule has 0 aliphatic heterocycles. The number of sulfonamides is 1. The largest absolute Gasteiger partial charge is 0.494 e. The van der Waals surface area contributed by atoms with E-state index in [1.807, 2.05) is 0 Å². The second kappa shape index (κ2) is 8.59. The van der Waals surface area contributed by atoms with Gasteiger partial charge in [0.1, 0.15) is 11.6 Å². The number of hydrogen-bond acceptors (Lipinski definition) is 4. The van der Waals surface area contributed by atoms with E-state index in [-0.39, 0.29) is 23.2 Å². The number of hydrogen-bond donors (Lipinski definition) is 2. The van der Waals surface area contributed by atoms with E-state index in [9.17, 15) is 17.6 Å². The summed E-state index contributed by atoms with van der Waals surface area (Å²) in [7, 11) is -3.62. The van der Waals surface area contributed by atoms with Crippen molar-refractivity contribution >= 4 is 21.6 Å². The van der Waals surface area contributed by atoms with E-state index >= 15 is 0 Å². The van der Waals surface area contributed by atoms with Gasteiger partial charge in [0, 0.05) is 19.2 Å². The highest BCUT2D eigenvalue weighted by Crippen LogP contribution is 2.14. The van der Waals surface area contributed by atoms with Gasteiger partial charge in [-0.05, 0) is 55.0 Å². The van der Waals surface area contributed by atoms with Crippen molar-refractivity contribution in [2.45, 2.75) is 18.2 Å². The molecule has 1 amide bonds. The van der Waals surface area contributed by atoms with Crippen LogP contribution < -0.4 is 14.8 Å². The first-order chi connectivity index (χ1) is 11.9. The summed E-state index contributed by atoms with van der Waals surface area (Å²) in [6.07, 6.45) is 0.459. The third kappa shape index (κ3) is 6.17. The Morgan fingerprint density at radius 2 is 1.72 bits per heavy atom. The van der Waals surface area contributed by atoms with Gasteiger partial charge in [0.2, 0.25) is 15.9 Å². The Hall–Kier alpha value is -2.45. The number of nitrogens with one attached hydrogen (secondary N) is 2. The zero-order valence-electron chi connectivity index (χ0n) is 13.7. The van der Waals surface area contributed by atoms with Crippen LogP contribution in [0.25, 0.3) is 0 Å². The van der Waals surface area contributed by atoms with Crippen LogP contribution in [0.2, 0.25) is 0 Å². The summed E-state index contributed by atoms with van der Waals surface area (Å²) < 4.78 is 44.9. The van der Waals surface area contributed by atoms with Crippen molar-refractivity contribution in [1.29, 1.82) is 0 Å². The number of carbonyl (C=O) groups excluding carboxylic acids is 1. The fraction of sp³-hybridized carbons (Fsp3) is 0.235. The van der Waals surface area contributed by atoms with Gasteiger partial charge in [-0.1, -0.05) is 0 Å². The first-order valence-electron chi connectivity index (χ1n) is 7.62. The van der Waals surface area contributed by atoms with E-state index in [4.69, 9.17) is 4.74 Å². The summed E-state index contributed by atoms with van der Waals surface area (Å²) in [4.78, 5) is 11.1. The van der Waals surface area contributed by atoms with Crippen molar-refractivity contribution < 1.29 is 22.3 Å². The fourth-order valence-electron chi connectivity index (χ4n) is 2.00. The molecule has 25 heavy (non-hydrogen) atoms. The third-order valence-electron chi connectivity index (χ3n) is 3.18. The Labute approximate surface area is 146 Å². The summed E-state index contributed by atoms with van der Waals surface area (Å²) in [5, 5.41) is 2.57. The maximum Gasteiger partial charge on any atom is 0.240 e. The molecule has 6 nitrogen and oxygen atoms in total. The molecular formula is C17H19FN2O4S. The zero-order valence-corrected chi connectivity index (χ0v) is 14.5. The predicted octanol–water partition coefficient (Wildman–Crippen LogP) is 2.53. The molecule has 2 aromatic carbocycles. The number of halogens is 1. The summed E-state index contributed by atoms with van der Waals surface area (Å²) >= 11 is 0. The molecule has 0 radical (unpaired) electrons. The molecular weight excluding hydrogens is 347 g/mol. The second-order valence-corrected chi connectivity index (χ2v) is 7.03. The van der Waals surface area contributed by atoms with Crippen molar-refractivity contribution in [3.63, 3.8) is 0 Å². The van der Waals surface area contributed by atoms with Crippen molar-refractivity contribution in [3.8, 4) is 5.75 Å². The zero-order chi connectivity index (χ0) is 18.3. The monoisotopic (exact) mass is 366 g/mol. The van der Waals surface area contributed by atoms with Gasteiger partial charge in [0.25, 0.3) is 0 Å². The number of ether oxygens (including phenoxy) is 1. The van der Waals surface area contributed by atoms with E-state index in [1.54, 1.807) is 0 Å². The van der Waals surface area contributed by atoms with Crippen LogP contribution in [-0.2, 0) is 14.8 Å². The topological polar surface area (TPSA) is 84.5 Å². The van der Waals surface area contributed by atoms with Crippen molar-refractivity contribution in [1.82, 2.24) is 4.72 Å². The molecule has 0 aliphatic rings. The Kier molecular flexibility index (Phi) is 6.49. The maximum atomic E-state index is 12.8. The summed E-state index contributed by atoms with van der Waals surface area (Å²) in [6.45, 7) is 1.88.